The average Bonchev–Trinajstić information content (AvgIpc) is 3.22. The minimum absolute atomic E-state index is 0.0321. The van der Waals surface area contributed by atoms with Gasteiger partial charge in [0.05, 0.1) is 0 Å². The lowest BCUT2D eigenvalue weighted by atomic mass is 9.61. The number of benzene rings is 2. The van der Waals surface area contributed by atoms with Gasteiger partial charge in [-0.3, -0.25) is 0 Å². The minimum atomic E-state index is -0.0321. The first-order valence-electron chi connectivity index (χ1n) is 9.61. The van der Waals surface area contributed by atoms with Crippen molar-refractivity contribution in [2.75, 3.05) is 18.4 Å². The standard InChI is InChI=1S/C22H23N3O2/c1-15-23-19-9-8-17(12-20(19)27-15)24-21(26)25-13-18(16-6-3-2-4-7-16)22(14-25)10-5-11-22/h2-4,6-9,12,18H,5,10-11,13-14H2,1H3,(H,24,26). The lowest BCUT2D eigenvalue weighted by Crippen LogP contribution is -2.39. The third-order valence-electron chi connectivity index (χ3n) is 6.23. The van der Waals surface area contributed by atoms with Crippen molar-refractivity contribution in [1.29, 1.82) is 0 Å². The van der Waals surface area contributed by atoms with Crippen LogP contribution in [0.3, 0.4) is 0 Å². The number of amides is 2. The van der Waals surface area contributed by atoms with Crippen molar-refractivity contribution in [3.05, 3.63) is 60.0 Å². The molecule has 1 spiro atoms. The molecule has 2 fully saturated rings. The van der Waals surface area contributed by atoms with Crippen LogP contribution in [0.1, 0.15) is 36.6 Å². The van der Waals surface area contributed by atoms with E-state index in [4.69, 9.17) is 4.42 Å². The molecular weight excluding hydrogens is 338 g/mol. The number of anilines is 1. The van der Waals surface area contributed by atoms with Gasteiger partial charge in [-0.05, 0) is 36.0 Å². The number of likely N-dealkylation sites (tertiary alicyclic amines) is 1. The van der Waals surface area contributed by atoms with Gasteiger partial charge < -0.3 is 14.6 Å². The maximum absolute atomic E-state index is 12.9. The molecule has 1 aliphatic carbocycles. The Morgan fingerprint density at radius 1 is 1.22 bits per heavy atom. The molecule has 1 unspecified atom stereocenters. The Morgan fingerprint density at radius 3 is 2.78 bits per heavy atom. The number of urea groups is 1. The number of rotatable bonds is 2. The Kier molecular flexibility index (Phi) is 3.71. The number of fused-ring (bicyclic) bond motifs is 1. The molecule has 5 heteroatoms. The van der Waals surface area contributed by atoms with Crippen LogP contribution < -0.4 is 5.32 Å². The van der Waals surface area contributed by atoms with Gasteiger partial charge in [0.15, 0.2) is 11.5 Å². The number of nitrogens with zero attached hydrogens (tertiary/aromatic N) is 2. The summed E-state index contributed by atoms with van der Waals surface area (Å²) < 4.78 is 5.57. The number of oxazole rings is 1. The van der Waals surface area contributed by atoms with Crippen LogP contribution in [0.25, 0.3) is 11.1 Å². The molecule has 0 radical (unpaired) electrons. The van der Waals surface area contributed by atoms with E-state index >= 15 is 0 Å². The van der Waals surface area contributed by atoms with E-state index in [1.54, 1.807) is 0 Å². The van der Waals surface area contributed by atoms with Crippen LogP contribution in [0.5, 0.6) is 0 Å². The number of aromatic nitrogens is 1. The van der Waals surface area contributed by atoms with Gasteiger partial charge in [0.25, 0.3) is 0 Å². The summed E-state index contributed by atoms with van der Waals surface area (Å²) in [6.07, 6.45) is 3.68. The minimum Gasteiger partial charge on any atom is -0.441 e. The zero-order valence-corrected chi connectivity index (χ0v) is 15.4. The first kappa shape index (κ1) is 16.4. The van der Waals surface area contributed by atoms with Gasteiger partial charge in [0.2, 0.25) is 0 Å². The summed E-state index contributed by atoms with van der Waals surface area (Å²) in [4.78, 5) is 19.2. The highest BCUT2D eigenvalue weighted by molar-refractivity contribution is 5.92. The van der Waals surface area contributed by atoms with Crippen LogP contribution in [0, 0.1) is 12.3 Å². The van der Waals surface area contributed by atoms with Gasteiger partial charge in [-0.2, -0.15) is 0 Å². The molecular formula is C22H23N3O2. The molecule has 2 amide bonds. The van der Waals surface area contributed by atoms with Crippen LogP contribution in [0.15, 0.2) is 52.9 Å². The van der Waals surface area contributed by atoms with Gasteiger partial charge in [-0.25, -0.2) is 9.78 Å². The van der Waals surface area contributed by atoms with E-state index in [0.29, 0.717) is 17.4 Å². The number of aryl methyl sites for hydroxylation is 1. The average molecular weight is 361 g/mol. The van der Waals surface area contributed by atoms with E-state index in [0.717, 1.165) is 24.3 Å². The van der Waals surface area contributed by atoms with Crippen molar-refractivity contribution in [3.63, 3.8) is 0 Å². The monoisotopic (exact) mass is 361 g/mol. The second kappa shape index (κ2) is 6.12. The molecule has 3 aromatic rings. The smallest absolute Gasteiger partial charge is 0.321 e. The Balaban J connectivity index is 1.35. The third-order valence-corrected chi connectivity index (χ3v) is 6.23. The summed E-state index contributed by atoms with van der Waals surface area (Å²) in [7, 11) is 0. The van der Waals surface area contributed by atoms with Crippen LogP contribution in [-0.2, 0) is 0 Å². The molecule has 27 heavy (non-hydrogen) atoms. The number of carbonyl (C=O) groups is 1. The first-order valence-corrected chi connectivity index (χ1v) is 9.61. The highest BCUT2D eigenvalue weighted by Crippen LogP contribution is 2.55. The van der Waals surface area contributed by atoms with Crippen molar-refractivity contribution in [3.8, 4) is 0 Å². The van der Waals surface area contributed by atoms with Gasteiger partial charge in [0, 0.05) is 37.7 Å². The molecule has 5 nitrogen and oxygen atoms in total. The zero-order chi connectivity index (χ0) is 18.4. The lowest BCUT2D eigenvalue weighted by molar-refractivity contribution is 0.125. The molecule has 2 aromatic carbocycles. The second-order valence-corrected chi connectivity index (χ2v) is 7.91. The highest BCUT2D eigenvalue weighted by atomic mass is 16.3. The largest absolute Gasteiger partial charge is 0.441 e. The summed E-state index contributed by atoms with van der Waals surface area (Å²) in [5.41, 5.74) is 3.86. The number of carbonyl (C=O) groups excluding carboxylic acids is 1. The van der Waals surface area contributed by atoms with E-state index in [-0.39, 0.29) is 11.4 Å². The second-order valence-electron chi connectivity index (χ2n) is 7.91. The SMILES string of the molecule is Cc1nc2ccc(NC(=O)N3CC(c4ccccc4)C4(CCC4)C3)cc2o1. The van der Waals surface area contributed by atoms with E-state index in [1.165, 1.54) is 24.8 Å². The van der Waals surface area contributed by atoms with Crippen LogP contribution in [0.2, 0.25) is 0 Å². The summed E-state index contributed by atoms with van der Waals surface area (Å²) in [6, 6.07) is 16.2. The quantitative estimate of drug-likeness (QED) is 0.703. The summed E-state index contributed by atoms with van der Waals surface area (Å²) in [5, 5.41) is 3.04. The van der Waals surface area contributed by atoms with Crippen LogP contribution >= 0.6 is 0 Å². The Labute approximate surface area is 158 Å². The molecule has 2 aliphatic rings. The zero-order valence-electron chi connectivity index (χ0n) is 15.4. The number of hydrogen-bond acceptors (Lipinski definition) is 3. The first-order chi connectivity index (χ1) is 13.1. The van der Waals surface area contributed by atoms with Gasteiger partial charge in [0.1, 0.15) is 5.52 Å². The van der Waals surface area contributed by atoms with Crippen molar-refractivity contribution in [1.82, 2.24) is 9.88 Å². The molecule has 1 aliphatic heterocycles. The molecule has 2 heterocycles. The predicted molar refractivity (Wildman–Crippen MR) is 105 cm³/mol. The van der Waals surface area contributed by atoms with Crippen molar-refractivity contribution in [2.45, 2.75) is 32.1 Å². The molecule has 1 aromatic heterocycles. The highest BCUT2D eigenvalue weighted by Gasteiger charge is 2.51. The normalized spacial score (nSPS) is 20.8. The van der Waals surface area contributed by atoms with Crippen LogP contribution in [0.4, 0.5) is 10.5 Å². The molecule has 1 N–H and O–H groups in total. The topological polar surface area (TPSA) is 58.4 Å². The Hall–Kier alpha value is -2.82. The Morgan fingerprint density at radius 2 is 2.04 bits per heavy atom. The van der Waals surface area contributed by atoms with Gasteiger partial charge in [-0.1, -0.05) is 36.8 Å². The van der Waals surface area contributed by atoms with Crippen LogP contribution in [-0.4, -0.2) is 29.0 Å². The van der Waals surface area contributed by atoms with Crippen molar-refractivity contribution < 1.29 is 9.21 Å². The molecule has 1 saturated heterocycles. The van der Waals surface area contributed by atoms with Crippen molar-refractivity contribution in [2.24, 2.45) is 5.41 Å². The van der Waals surface area contributed by atoms with E-state index < -0.39 is 0 Å². The molecule has 138 valence electrons. The molecule has 5 rings (SSSR count). The van der Waals surface area contributed by atoms with E-state index in [2.05, 4.69) is 40.6 Å². The Bertz CT molecular complexity index is 991. The lowest BCUT2D eigenvalue weighted by Gasteiger charge is -2.43. The fourth-order valence-electron chi connectivity index (χ4n) is 4.73. The predicted octanol–water partition coefficient (Wildman–Crippen LogP) is 4.94. The van der Waals surface area contributed by atoms with Gasteiger partial charge in [-0.15, -0.1) is 0 Å². The maximum Gasteiger partial charge on any atom is 0.321 e. The molecule has 1 saturated carbocycles. The molecule has 1 atom stereocenters. The fourth-order valence-corrected chi connectivity index (χ4v) is 4.73. The third kappa shape index (κ3) is 2.78. The fraction of sp³-hybridized carbons (Fsp3) is 0.364. The van der Waals surface area contributed by atoms with E-state index in [1.807, 2.05) is 30.0 Å². The maximum atomic E-state index is 12.9. The van der Waals surface area contributed by atoms with E-state index in [9.17, 15) is 4.79 Å². The number of hydrogen-bond donors (Lipinski definition) is 1. The summed E-state index contributed by atoms with van der Waals surface area (Å²) >= 11 is 0. The number of nitrogens with one attached hydrogen (secondary N) is 1. The summed E-state index contributed by atoms with van der Waals surface area (Å²) in [6.45, 7) is 3.44. The van der Waals surface area contributed by atoms with Gasteiger partial charge >= 0.3 is 6.03 Å². The summed E-state index contributed by atoms with van der Waals surface area (Å²) in [5.74, 6) is 1.06. The van der Waals surface area contributed by atoms with Crippen molar-refractivity contribution >= 4 is 22.8 Å². The molecule has 0 bridgehead atoms.